The summed E-state index contributed by atoms with van der Waals surface area (Å²) in [4.78, 5) is 29.5. The van der Waals surface area contributed by atoms with E-state index in [9.17, 15) is 14.7 Å². The summed E-state index contributed by atoms with van der Waals surface area (Å²) >= 11 is 0. The molecule has 1 saturated heterocycles. The Morgan fingerprint density at radius 3 is 2.74 bits per heavy atom. The van der Waals surface area contributed by atoms with E-state index in [-0.39, 0.29) is 29.5 Å². The highest BCUT2D eigenvalue weighted by molar-refractivity contribution is 5.94. The quantitative estimate of drug-likeness (QED) is 0.781. The predicted molar refractivity (Wildman–Crippen MR) is 99.2 cm³/mol. The number of rotatable bonds is 2. The first-order chi connectivity index (χ1) is 12.8. The maximum atomic E-state index is 12.3. The summed E-state index contributed by atoms with van der Waals surface area (Å²) in [6, 6.07) is 12.4. The molecule has 1 aromatic carbocycles. The second-order valence-electron chi connectivity index (χ2n) is 7.16. The maximum Gasteiger partial charge on any atom is 0.267 e. The van der Waals surface area contributed by atoms with E-state index in [1.807, 2.05) is 19.1 Å². The molecule has 27 heavy (non-hydrogen) atoms. The Bertz CT molecular complexity index is 1020. The Kier molecular flexibility index (Phi) is 3.79. The van der Waals surface area contributed by atoms with Crippen LogP contribution in [0.15, 0.2) is 42.5 Å². The van der Waals surface area contributed by atoms with Crippen LogP contribution in [0.1, 0.15) is 23.0 Å². The average molecular weight is 361 g/mol. The van der Waals surface area contributed by atoms with Crippen molar-refractivity contribution in [2.45, 2.75) is 18.6 Å². The number of primary amides is 1. The summed E-state index contributed by atoms with van der Waals surface area (Å²) in [5.74, 6) is 4.92. The number of likely N-dealkylation sites (N-methyl/N-ethyl adjacent to an activating group) is 1. The molecule has 2 amide bonds. The minimum Gasteiger partial charge on any atom is -0.369 e. The molecule has 4 rings (SSSR count). The van der Waals surface area contributed by atoms with E-state index in [1.165, 1.54) is 0 Å². The zero-order valence-corrected chi connectivity index (χ0v) is 15.0. The Hall–Kier alpha value is -3.17. The molecular weight excluding hydrogens is 342 g/mol. The molecule has 0 radical (unpaired) electrons. The van der Waals surface area contributed by atoms with Gasteiger partial charge < -0.3 is 15.7 Å². The highest BCUT2D eigenvalue weighted by atomic mass is 16.3. The molecule has 3 N–H and O–H groups in total. The van der Waals surface area contributed by atoms with Gasteiger partial charge in [0, 0.05) is 30.1 Å². The molecule has 1 saturated carbocycles. The molecule has 6 heteroatoms. The van der Waals surface area contributed by atoms with Gasteiger partial charge in [0.05, 0.1) is 5.69 Å². The van der Waals surface area contributed by atoms with Crippen molar-refractivity contribution in [2.75, 3.05) is 7.05 Å². The van der Waals surface area contributed by atoms with E-state index in [0.29, 0.717) is 11.3 Å². The van der Waals surface area contributed by atoms with Gasteiger partial charge in [-0.25, -0.2) is 4.98 Å². The van der Waals surface area contributed by atoms with Gasteiger partial charge in [-0.15, -0.1) is 0 Å². The normalized spacial score (nSPS) is 28.3. The van der Waals surface area contributed by atoms with Crippen molar-refractivity contribution in [3.8, 4) is 23.1 Å². The standard InChI is InChI=1S/C21H19N3O3/c1-12-17-18(12)24(2)20(26)21(17,27)10-9-13-5-3-6-14(11-13)15-7-4-8-16(23-15)19(22)25/h3-8,11-12,17-18,27H,1-2H3,(H2,22,25)/t12-,17+,18-,21+/m1/s1. The smallest absolute Gasteiger partial charge is 0.267 e. The van der Waals surface area contributed by atoms with Crippen molar-refractivity contribution >= 4 is 11.8 Å². The fourth-order valence-electron chi connectivity index (χ4n) is 4.00. The molecule has 0 spiro atoms. The first-order valence-corrected chi connectivity index (χ1v) is 8.73. The van der Waals surface area contributed by atoms with Crippen LogP contribution in [0.2, 0.25) is 0 Å². The van der Waals surface area contributed by atoms with Crippen molar-refractivity contribution in [1.82, 2.24) is 9.88 Å². The van der Waals surface area contributed by atoms with Crippen LogP contribution in [0.4, 0.5) is 0 Å². The number of pyridine rings is 1. The minimum atomic E-state index is -1.63. The van der Waals surface area contributed by atoms with Gasteiger partial charge in [0.1, 0.15) is 5.69 Å². The van der Waals surface area contributed by atoms with E-state index < -0.39 is 11.5 Å². The largest absolute Gasteiger partial charge is 0.369 e. The minimum absolute atomic E-state index is 0.0730. The molecular formula is C21H19N3O3. The number of piperidine rings is 1. The molecule has 1 aliphatic heterocycles. The Balaban J connectivity index is 1.66. The van der Waals surface area contributed by atoms with Crippen LogP contribution in [-0.4, -0.2) is 45.5 Å². The number of hydrogen-bond donors (Lipinski definition) is 2. The lowest BCUT2D eigenvalue weighted by atomic mass is 9.96. The number of hydrogen-bond acceptors (Lipinski definition) is 4. The van der Waals surface area contributed by atoms with Gasteiger partial charge in [0.15, 0.2) is 0 Å². The summed E-state index contributed by atoms with van der Waals surface area (Å²) in [7, 11) is 1.71. The van der Waals surface area contributed by atoms with Crippen LogP contribution in [-0.2, 0) is 4.79 Å². The van der Waals surface area contributed by atoms with Gasteiger partial charge in [0.25, 0.3) is 11.8 Å². The second kappa shape index (κ2) is 5.93. The van der Waals surface area contributed by atoms with Gasteiger partial charge in [-0.2, -0.15) is 0 Å². The number of likely N-dealkylation sites (tertiary alicyclic amines) is 1. The molecule has 136 valence electrons. The summed E-state index contributed by atoms with van der Waals surface area (Å²) in [6.45, 7) is 2.02. The summed E-state index contributed by atoms with van der Waals surface area (Å²) in [6.07, 6.45) is 0. The van der Waals surface area contributed by atoms with Crippen molar-refractivity contribution in [1.29, 1.82) is 0 Å². The maximum absolute atomic E-state index is 12.3. The van der Waals surface area contributed by atoms with E-state index in [4.69, 9.17) is 5.73 Å². The zero-order chi connectivity index (χ0) is 19.3. The van der Waals surface area contributed by atoms with Gasteiger partial charge in [0.2, 0.25) is 5.60 Å². The number of aromatic nitrogens is 1. The first kappa shape index (κ1) is 17.3. The molecule has 6 nitrogen and oxygen atoms in total. The van der Waals surface area contributed by atoms with E-state index in [2.05, 4.69) is 16.8 Å². The van der Waals surface area contributed by atoms with E-state index in [1.54, 1.807) is 42.3 Å². The zero-order valence-electron chi connectivity index (χ0n) is 15.0. The van der Waals surface area contributed by atoms with Crippen LogP contribution in [0.3, 0.4) is 0 Å². The van der Waals surface area contributed by atoms with Crippen LogP contribution in [0.25, 0.3) is 11.3 Å². The number of nitrogens with two attached hydrogens (primary N) is 1. The number of carbonyl (C=O) groups excluding carboxylic acids is 2. The third kappa shape index (κ3) is 2.68. The lowest BCUT2D eigenvalue weighted by Gasteiger charge is -2.21. The second-order valence-corrected chi connectivity index (χ2v) is 7.16. The molecule has 1 aromatic heterocycles. The molecule has 4 atom stereocenters. The summed E-state index contributed by atoms with van der Waals surface area (Å²) in [5, 5.41) is 10.8. The fourth-order valence-corrected chi connectivity index (χ4v) is 4.00. The van der Waals surface area contributed by atoms with E-state index >= 15 is 0 Å². The highest BCUT2D eigenvalue weighted by Crippen LogP contribution is 2.55. The summed E-state index contributed by atoms with van der Waals surface area (Å²) < 4.78 is 0. The SMILES string of the molecule is C[C@H]1[C@@H]2[C@H]1[C@@](O)(C#Cc1cccc(-c3cccc(C(N)=O)n3)c1)C(=O)N2C. The number of aliphatic hydroxyl groups is 1. The monoisotopic (exact) mass is 361 g/mol. The number of amides is 2. The highest BCUT2D eigenvalue weighted by Gasteiger charge is 2.70. The Labute approximate surface area is 157 Å². The molecule has 2 aromatic rings. The van der Waals surface area contributed by atoms with Crippen molar-refractivity contribution in [3.05, 3.63) is 53.7 Å². The number of benzene rings is 1. The van der Waals surface area contributed by atoms with Crippen LogP contribution >= 0.6 is 0 Å². The van der Waals surface area contributed by atoms with Gasteiger partial charge >= 0.3 is 0 Å². The fraction of sp³-hybridized carbons (Fsp3) is 0.286. The predicted octanol–water partition coefficient (Wildman–Crippen LogP) is 1.04. The topological polar surface area (TPSA) is 96.5 Å². The number of nitrogens with zero attached hydrogens (tertiary/aromatic N) is 2. The molecule has 2 fully saturated rings. The number of fused-ring (bicyclic) bond motifs is 1. The van der Waals surface area contributed by atoms with Crippen molar-refractivity contribution in [2.24, 2.45) is 17.6 Å². The molecule has 2 heterocycles. The molecule has 0 unspecified atom stereocenters. The van der Waals surface area contributed by atoms with Crippen LogP contribution < -0.4 is 5.73 Å². The van der Waals surface area contributed by atoms with Gasteiger partial charge in [-0.1, -0.05) is 37.0 Å². The van der Waals surface area contributed by atoms with Crippen LogP contribution in [0, 0.1) is 23.7 Å². The van der Waals surface area contributed by atoms with Gasteiger partial charge in [-0.05, 0) is 30.2 Å². The lowest BCUT2D eigenvalue weighted by molar-refractivity contribution is -0.141. The van der Waals surface area contributed by atoms with E-state index in [0.717, 1.165) is 5.56 Å². The third-order valence-electron chi connectivity index (χ3n) is 5.47. The molecule has 1 aliphatic carbocycles. The molecule has 0 bridgehead atoms. The van der Waals surface area contributed by atoms with Crippen molar-refractivity contribution < 1.29 is 14.7 Å². The Morgan fingerprint density at radius 1 is 1.30 bits per heavy atom. The van der Waals surface area contributed by atoms with Crippen molar-refractivity contribution in [3.63, 3.8) is 0 Å². The average Bonchev–Trinajstić information content (AvgIpc) is 3.31. The summed E-state index contributed by atoms with van der Waals surface area (Å²) in [5.41, 5.74) is 5.87. The third-order valence-corrected chi connectivity index (χ3v) is 5.47. The lowest BCUT2D eigenvalue weighted by Crippen LogP contribution is -2.43. The first-order valence-electron chi connectivity index (χ1n) is 8.73. The molecule has 2 aliphatic rings. The van der Waals surface area contributed by atoms with Crippen LogP contribution in [0.5, 0.6) is 0 Å². The number of carbonyl (C=O) groups is 2. The van der Waals surface area contributed by atoms with Gasteiger partial charge in [-0.3, -0.25) is 9.59 Å². The Morgan fingerprint density at radius 2 is 2.04 bits per heavy atom.